The fourth-order valence-corrected chi connectivity index (χ4v) is 4.15. The number of fused-ring (bicyclic) bond motifs is 1. The van der Waals surface area contributed by atoms with E-state index in [4.69, 9.17) is 16.3 Å². The number of carbonyl (C=O) groups excluding carboxylic acids is 1. The quantitative estimate of drug-likeness (QED) is 0.527. The minimum Gasteiger partial charge on any atom is -0.497 e. The van der Waals surface area contributed by atoms with Crippen molar-refractivity contribution in [3.63, 3.8) is 0 Å². The predicted octanol–water partition coefficient (Wildman–Crippen LogP) is 5.48. The average molecular weight is 479 g/mol. The van der Waals surface area contributed by atoms with Crippen LogP contribution in [0.2, 0.25) is 5.02 Å². The topological polar surface area (TPSA) is 59.4 Å². The Hall–Kier alpha value is -3.20. The molecule has 0 saturated carbocycles. The Kier molecular flexibility index (Phi) is 6.25. The van der Waals surface area contributed by atoms with Crippen LogP contribution in [0.1, 0.15) is 40.1 Å². The van der Waals surface area contributed by atoms with Gasteiger partial charge in [-0.15, -0.1) is 0 Å². The maximum atomic E-state index is 14.0. The van der Waals surface area contributed by atoms with E-state index in [1.165, 1.54) is 12.0 Å². The maximum Gasteiger partial charge on any atom is 0.410 e. The second-order valence-electron chi connectivity index (χ2n) is 7.87. The second kappa shape index (κ2) is 8.97. The number of ether oxygens (including phenoxy) is 1. The molecule has 1 aliphatic rings. The van der Waals surface area contributed by atoms with Crippen molar-refractivity contribution >= 4 is 23.3 Å². The Labute approximate surface area is 193 Å². The zero-order valence-electron chi connectivity index (χ0n) is 17.9. The van der Waals surface area contributed by atoms with Crippen LogP contribution in [-0.4, -0.2) is 40.9 Å². The van der Waals surface area contributed by atoms with Gasteiger partial charge in [-0.1, -0.05) is 54.1 Å². The van der Waals surface area contributed by atoms with Crippen LogP contribution in [0.15, 0.2) is 54.6 Å². The number of alkyl halides is 3. The SMILES string of the molecule is COc1ccc([C@H]2C[C@@H](C(F)(F)F)n3nc(C(=O)N(C)Cc4ccccc4)c(Cl)c3N2)cc1. The monoisotopic (exact) mass is 478 g/mol. The number of hydrogen-bond acceptors (Lipinski definition) is 4. The van der Waals surface area contributed by atoms with Gasteiger partial charge in [-0.25, -0.2) is 4.68 Å². The fourth-order valence-electron chi connectivity index (χ4n) is 3.89. The summed E-state index contributed by atoms with van der Waals surface area (Å²) in [5.74, 6) is 0.0105. The summed E-state index contributed by atoms with van der Waals surface area (Å²) in [6.07, 6.45) is -4.87. The molecule has 0 saturated heterocycles. The highest BCUT2D eigenvalue weighted by Crippen LogP contribution is 2.46. The Morgan fingerprint density at radius 3 is 2.48 bits per heavy atom. The Morgan fingerprint density at radius 2 is 1.88 bits per heavy atom. The minimum absolute atomic E-state index is 0.0254. The number of nitrogens with one attached hydrogen (secondary N) is 1. The molecule has 4 rings (SSSR count). The molecule has 0 unspecified atom stereocenters. The highest BCUT2D eigenvalue weighted by atomic mass is 35.5. The van der Waals surface area contributed by atoms with E-state index in [0.29, 0.717) is 11.3 Å². The number of methoxy groups -OCH3 is 1. The summed E-state index contributed by atoms with van der Waals surface area (Å²) >= 11 is 6.42. The molecule has 1 N–H and O–H groups in total. The molecule has 3 aromatic rings. The van der Waals surface area contributed by atoms with Crippen LogP contribution in [0.3, 0.4) is 0 Å². The Balaban J connectivity index is 1.66. The molecule has 1 aromatic heterocycles. The highest BCUT2D eigenvalue weighted by molar-refractivity contribution is 6.36. The van der Waals surface area contributed by atoms with Crippen LogP contribution in [-0.2, 0) is 6.54 Å². The number of nitrogens with zero attached hydrogens (tertiary/aromatic N) is 3. The van der Waals surface area contributed by atoms with Gasteiger partial charge in [0.25, 0.3) is 5.91 Å². The van der Waals surface area contributed by atoms with E-state index in [2.05, 4.69) is 10.4 Å². The summed E-state index contributed by atoms with van der Waals surface area (Å²) in [5.41, 5.74) is 1.30. The molecule has 0 bridgehead atoms. The molecule has 6 nitrogen and oxygen atoms in total. The van der Waals surface area contributed by atoms with Crippen molar-refractivity contribution in [3.05, 3.63) is 76.4 Å². The molecule has 1 aliphatic heterocycles. The largest absolute Gasteiger partial charge is 0.497 e. The van der Waals surface area contributed by atoms with E-state index in [1.807, 2.05) is 30.3 Å². The van der Waals surface area contributed by atoms with E-state index >= 15 is 0 Å². The molecule has 174 valence electrons. The highest BCUT2D eigenvalue weighted by Gasteiger charge is 2.48. The van der Waals surface area contributed by atoms with Crippen molar-refractivity contribution in [3.8, 4) is 5.75 Å². The van der Waals surface area contributed by atoms with Crippen molar-refractivity contribution in [1.82, 2.24) is 14.7 Å². The molecule has 2 atom stereocenters. The Morgan fingerprint density at radius 1 is 1.21 bits per heavy atom. The van der Waals surface area contributed by atoms with E-state index in [0.717, 1.165) is 10.2 Å². The van der Waals surface area contributed by atoms with Gasteiger partial charge in [-0.05, 0) is 23.3 Å². The lowest BCUT2D eigenvalue weighted by Crippen LogP contribution is -2.36. The maximum absolute atomic E-state index is 14.0. The standard InChI is InChI=1S/C23H22ClF3N4O2/c1-30(13-14-6-4-3-5-7-14)22(32)20-19(24)21-28-17(15-8-10-16(33-2)11-9-15)12-18(23(25,26)27)31(21)29-20/h3-11,17-18,28H,12-13H2,1-2H3/t17-,18+/m1/s1. The number of carbonyl (C=O) groups is 1. The lowest BCUT2D eigenvalue weighted by molar-refractivity contribution is -0.173. The first-order valence-electron chi connectivity index (χ1n) is 10.2. The summed E-state index contributed by atoms with van der Waals surface area (Å²) in [6, 6.07) is 13.4. The Bertz CT molecular complexity index is 1130. The average Bonchev–Trinajstić information content (AvgIpc) is 3.14. The smallest absolute Gasteiger partial charge is 0.410 e. The lowest BCUT2D eigenvalue weighted by Gasteiger charge is -2.33. The van der Waals surface area contributed by atoms with Crippen LogP contribution in [0, 0.1) is 0 Å². The molecule has 1 amide bonds. The third-order valence-corrected chi connectivity index (χ3v) is 5.98. The number of aromatic nitrogens is 2. The molecule has 10 heteroatoms. The van der Waals surface area contributed by atoms with Crippen molar-refractivity contribution in [2.75, 3.05) is 19.5 Å². The van der Waals surface area contributed by atoms with E-state index < -0.39 is 24.2 Å². The van der Waals surface area contributed by atoms with Crippen LogP contribution in [0.5, 0.6) is 5.75 Å². The van der Waals surface area contributed by atoms with Crippen LogP contribution >= 0.6 is 11.6 Å². The van der Waals surface area contributed by atoms with Crippen molar-refractivity contribution in [2.24, 2.45) is 0 Å². The van der Waals surface area contributed by atoms with Crippen LogP contribution in [0.4, 0.5) is 19.0 Å². The first kappa shape index (κ1) is 23.0. The molecule has 33 heavy (non-hydrogen) atoms. The van der Waals surface area contributed by atoms with Crippen molar-refractivity contribution in [2.45, 2.75) is 31.2 Å². The molecule has 2 heterocycles. The van der Waals surface area contributed by atoms with Crippen LogP contribution < -0.4 is 10.1 Å². The normalized spacial score (nSPS) is 17.8. The van der Waals surface area contributed by atoms with Gasteiger partial charge in [0, 0.05) is 20.0 Å². The van der Waals surface area contributed by atoms with Gasteiger partial charge in [-0.3, -0.25) is 4.79 Å². The van der Waals surface area contributed by atoms with Gasteiger partial charge in [0.05, 0.1) is 13.2 Å². The minimum atomic E-state index is -4.58. The fraction of sp³-hybridized carbons (Fsp3) is 0.304. The van der Waals surface area contributed by atoms with Crippen molar-refractivity contribution in [1.29, 1.82) is 0 Å². The van der Waals surface area contributed by atoms with Gasteiger partial charge in [0.2, 0.25) is 0 Å². The van der Waals surface area contributed by atoms with Gasteiger partial charge in [0.15, 0.2) is 11.7 Å². The number of rotatable bonds is 5. The summed E-state index contributed by atoms with van der Waals surface area (Å²) in [6.45, 7) is 0.267. The number of amides is 1. The second-order valence-corrected chi connectivity index (χ2v) is 8.24. The number of anilines is 1. The third-order valence-electron chi connectivity index (χ3n) is 5.63. The summed E-state index contributed by atoms with van der Waals surface area (Å²) < 4.78 is 47.8. The van der Waals surface area contributed by atoms with E-state index in [1.54, 1.807) is 31.3 Å². The van der Waals surface area contributed by atoms with Gasteiger partial charge in [0.1, 0.15) is 16.6 Å². The molecule has 2 aromatic carbocycles. The molecule has 0 spiro atoms. The number of hydrogen-bond donors (Lipinski definition) is 1. The zero-order valence-corrected chi connectivity index (χ0v) is 18.7. The van der Waals surface area contributed by atoms with Crippen LogP contribution in [0.25, 0.3) is 0 Å². The summed E-state index contributed by atoms with van der Waals surface area (Å²) in [4.78, 5) is 14.4. The van der Waals surface area contributed by atoms with E-state index in [9.17, 15) is 18.0 Å². The molecule has 0 radical (unpaired) electrons. The van der Waals surface area contributed by atoms with E-state index in [-0.39, 0.29) is 29.5 Å². The summed E-state index contributed by atoms with van der Waals surface area (Å²) in [7, 11) is 3.07. The summed E-state index contributed by atoms with van der Waals surface area (Å²) in [5, 5.41) is 6.92. The molecular weight excluding hydrogens is 457 g/mol. The number of benzene rings is 2. The molecule has 0 fully saturated rings. The molecule has 0 aliphatic carbocycles. The zero-order chi connectivity index (χ0) is 23.8. The van der Waals surface area contributed by atoms with Gasteiger partial charge in [-0.2, -0.15) is 18.3 Å². The first-order valence-corrected chi connectivity index (χ1v) is 10.6. The lowest BCUT2D eigenvalue weighted by atomic mass is 9.97. The van der Waals surface area contributed by atoms with Crippen molar-refractivity contribution < 1.29 is 22.7 Å². The predicted molar refractivity (Wildman–Crippen MR) is 119 cm³/mol. The van der Waals surface area contributed by atoms with Gasteiger partial charge < -0.3 is 15.0 Å². The van der Waals surface area contributed by atoms with Gasteiger partial charge >= 0.3 is 6.18 Å². The molecular formula is C23H22ClF3N4O2. The first-order chi connectivity index (χ1) is 15.7. The third kappa shape index (κ3) is 4.64. The number of halogens is 4.